The maximum absolute atomic E-state index is 12.1. The van der Waals surface area contributed by atoms with Crippen molar-refractivity contribution >= 4 is 11.7 Å². The predicted octanol–water partition coefficient (Wildman–Crippen LogP) is 2.18. The predicted molar refractivity (Wildman–Crippen MR) is 85.9 cm³/mol. The second-order valence-electron chi connectivity index (χ2n) is 5.37. The molecule has 3 rings (SSSR count). The van der Waals surface area contributed by atoms with Crippen molar-refractivity contribution in [1.82, 2.24) is 10.2 Å². The van der Waals surface area contributed by atoms with Crippen molar-refractivity contribution in [3.05, 3.63) is 54.0 Å². The quantitative estimate of drug-likeness (QED) is 0.943. The van der Waals surface area contributed by atoms with Gasteiger partial charge in [0.25, 0.3) is 0 Å². The van der Waals surface area contributed by atoms with Crippen LogP contribution in [-0.2, 0) is 6.54 Å². The van der Waals surface area contributed by atoms with Crippen LogP contribution in [0, 0.1) is 11.3 Å². The Hall–Kier alpha value is -2.94. The Balaban J connectivity index is 1.51. The number of piperazine rings is 1. The van der Waals surface area contributed by atoms with E-state index >= 15 is 0 Å². The average molecular weight is 310 g/mol. The normalized spacial score (nSPS) is 14.4. The zero-order valence-corrected chi connectivity index (χ0v) is 12.7. The largest absolute Gasteiger partial charge is 0.467 e. The van der Waals surface area contributed by atoms with Crippen molar-refractivity contribution in [3.8, 4) is 6.07 Å². The van der Waals surface area contributed by atoms with Crippen molar-refractivity contribution in [1.29, 1.82) is 5.26 Å². The highest BCUT2D eigenvalue weighted by molar-refractivity contribution is 5.74. The summed E-state index contributed by atoms with van der Waals surface area (Å²) in [6.45, 7) is 3.21. The maximum atomic E-state index is 12.1. The average Bonchev–Trinajstić information content (AvgIpc) is 3.13. The molecule has 6 nitrogen and oxygen atoms in total. The third-order valence-corrected chi connectivity index (χ3v) is 3.90. The number of nitrogens with one attached hydrogen (secondary N) is 1. The van der Waals surface area contributed by atoms with Crippen LogP contribution in [0.5, 0.6) is 0 Å². The highest BCUT2D eigenvalue weighted by Gasteiger charge is 2.21. The van der Waals surface area contributed by atoms with Crippen LogP contribution in [0.3, 0.4) is 0 Å². The molecular formula is C17H18N4O2. The molecule has 0 aliphatic carbocycles. The molecule has 1 fully saturated rings. The minimum atomic E-state index is -0.0770. The molecule has 0 unspecified atom stereocenters. The van der Waals surface area contributed by atoms with Gasteiger partial charge in [-0.05, 0) is 30.3 Å². The molecule has 2 amide bonds. The lowest BCUT2D eigenvalue weighted by Gasteiger charge is -2.36. The number of carbonyl (C=O) groups is 1. The highest BCUT2D eigenvalue weighted by atomic mass is 16.3. The molecule has 1 saturated heterocycles. The van der Waals surface area contributed by atoms with Crippen molar-refractivity contribution < 1.29 is 9.21 Å². The molecule has 1 aliphatic rings. The summed E-state index contributed by atoms with van der Waals surface area (Å²) in [4.78, 5) is 16.1. The number of furan rings is 1. The molecule has 23 heavy (non-hydrogen) atoms. The van der Waals surface area contributed by atoms with Crippen LogP contribution < -0.4 is 10.2 Å². The SMILES string of the molecule is N#Cc1cccc(N2CCN(C(=O)NCc3ccco3)CC2)c1. The molecule has 2 aromatic rings. The monoisotopic (exact) mass is 310 g/mol. The Morgan fingerprint density at radius 1 is 1.22 bits per heavy atom. The summed E-state index contributed by atoms with van der Waals surface area (Å²) in [5, 5.41) is 11.8. The molecule has 0 radical (unpaired) electrons. The Bertz CT molecular complexity index is 698. The number of rotatable bonds is 3. The molecule has 2 heterocycles. The molecule has 0 atom stereocenters. The molecule has 0 spiro atoms. The number of amides is 2. The van der Waals surface area contributed by atoms with Gasteiger partial charge < -0.3 is 19.5 Å². The number of hydrogen-bond acceptors (Lipinski definition) is 4. The van der Waals surface area contributed by atoms with Gasteiger partial charge in [-0.3, -0.25) is 0 Å². The highest BCUT2D eigenvalue weighted by Crippen LogP contribution is 2.17. The lowest BCUT2D eigenvalue weighted by atomic mass is 10.2. The summed E-state index contributed by atoms with van der Waals surface area (Å²) in [5.41, 5.74) is 1.68. The summed E-state index contributed by atoms with van der Waals surface area (Å²) in [6, 6.07) is 13.3. The fourth-order valence-electron chi connectivity index (χ4n) is 2.63. The van der Waals surface area contributed by atoms with Crippen molar-refractivity contribution in [2.45, 2.75) is 6.54 Å². The van der Waals surface area contributed by atoms with Gasteiger partial charge in [0.1, 0.15) is 5.76 Å². The molecule has 1 N–H and O–H groups in total. The molecule has 1 aromatic carbocycles. The summed E-state index contributed by atoms with van der Waals surface area (Å²) in [6.07, 6.45) is 1.59. The van der Waals surface area contributed by atoms with Crippen molar-refractivity contribution in [2.75, 3.05) is 31.1 Å². The van der Waals surface area contributed by atoms with Gasteiger partial charge in [-0.1, -0.05) is 6.07 Å². The minimum absolute atomic E-state index is 0.0770. The van der Waals surface area contributed by atoms with Crippen LogP contribution in [-0.4, -0.2) is 37.1 Å². The Morgan fingerprint density at radius 3 is 2.74 bits per heavy atom. The van der Waals surface area contributed by atoms with E-state index in [2.05, 4.69) is 16.3 Å². The number of hydrogen-bond donors (Lipinski definition) is 1. The molecule has 1 aromatic heterocycles. The van der Waals surface area contributed by atoms with Crippen molar-refractivity contribution in [2.24, 2.45) is 0 Å². The van der Waals surface area contributed by atoms with Crippen LogP contribution in [0.25, 0.3) is 0 Å². The zero-order chi connectivity index (χ0) is 16.1. The van der Waals surface area contributed by atoms with Gasteiger partial charge >= 0.3 is 6.03 Å². The van der Waals surface area contributed by atoms with Crippen LogP contribution >= 0.6 is 0 Å². The van der Waals surface area contributed by atoms with Crippen molar-refractivity contribution in [3.63, 3.8) is 0 Å². The van der Waals surface area contributed by atoms with E-state index in [-0.39, 0.29) is 6.03 Å². The van der Waals surface area contributed by atoms with E-state index in [0.29, 0.717) is 25.2 Å². The van der Waals surface area contributed by atoms with Gasteiger partial charge in [0.2, 0.25) is 0 Å². The van der Waals surface area contributed by atoms with E-state index in [4.69, 9.17) is 9.68 Å². The van der Waals surface area contributed by atoms with Gasteiger partial charge in [0, 0.05) is 31.9 Å². The second-order valence-corrected chi connectivity index (χ2v) is 5.37. The Kier molecular flexibility index (Phi) is 4.48. The number of urea groups is 1. The van der Waals surface area contributed by atoms with Gasteiger partial charge in [0.05, 0.1) is 24.4 Å². The van der Waals surface area contributed by atoms with Crippen LogP contribution in [0.1, 0.15) is 11.3 Å². The fraction of sp³-hybridized carbons (Fsp3) is 0.294. The number of anilines is 1. The van der Waals surface area contributed by atoms with Gasteiger partial charge in [-0.2, -0.15) is 5.26 Å². The fourth-order valence-corrected chi connectivity index (χ4v) is 2.63. The second kappa shape index (κ2) is 6.88. The first-order valence-corrected chi connectivity index (χ1v) is 7.56. The Labute approximate surface area is 134 Å². The van der Waals surface area contributed by atoms with E-state index in [1.807, 2.05) is 24.3 Å². The van der Waals surface area contributed by atoms with Crippen LogP contribution in [0.2, 0.25) is 0 Å². The third-order valence-electron chi connectivity index (χ3n) is 3.90. The number of carbonyl (C=O) groups excluding carboxylic acids is 1. The smallest absolute Gasteiger partial charge is 0.317 e. The lowest BCUT2D eigenvalue weighted by molar-refractivity contribution is 0.193. The van der Waals surface area contributed by atoms with Crippen LogP contribution in [0.4, 0.5) is 10.5 Å². The van der Waals surface area contributed by atoms with E-state index < -0.39 is 0 Å². The summed E-state index contributed by atoms with van der Waals surface area (Å²) < 4.78 is 5.20. The first-order valence-electron chi connectivity index (χ1n) is 7.56. The molecule has 118 valence electrons. The zero-order valence-electron chi connectivity index (χ0n) is 12.7. The van der Waals surface area contributed by atoms with E-state index in [1.165, 1.54) is 0 Å². The van der Waals surface area contributed by atoms with Gasteiger partial charge in [-0.15, -0.1) is 0 Å². The lowest BCUT2D eigenvalue weighted by Crippen LogP contribution is -2.51. The summed E-state index contributed by atoms with van der Waals surface area (Å²) in [5.74, 6) is 0.741. The Morgan fingerprint density at radius 2 is 2.04 bits per heavy atom. The van der Waals surface area contributed by atoms with E-state index in [1.54, 1.807) is 23.3 Å². The van der Waals surface area contributed by atoms with Gasteiger partial charge in [0.15, 0.2) is 0 Å². The first kappa shape index (κ1) is 15.0. The standard InChI is InChI=1S/C17H18N4O2/c18-12-14-3-1-4-15(11-14)20-6-8-21(9-7-20)17(22)19-13-16-5-2-10-23-16/h1-5,10-11H,6-9,13H2,(H,19,22). The number of nitriles is 1. The molecule has 0 saturated carbocycles. The number of nitrogens with zero attached hydrogens (tertiary/aromatic N) is 3. The minimum Gasteiger partial charge on any atom is -0.467 e. The third kappa shape index (κ3) is 3.64. The maximum Gasteiger partial charge on any atom is 0.317 e. The summed E-state index contributed by atoms with van der Waals surface area (Å²) >= 11 is 0. The molecule has 1 aliphatic heterocycles. The molecule has 6 heteroatoms. The van der Waals surface area contributed by atoms with E-state index in [0.717, 1.165) is 24.5 Å². The first-order chi connectivity index (χ1) is 11.3. The number of benzene rings is 1. The summed E-state index contributed by atoms with van der Waals surface area (Å²) in [7, 11) is 0. The molecule has 0 bridgehead atoms. The molecular weight excluding hydrogens is 292 g/mol. The topological polar surface area (TPSA) is 72.5 Å². The van der Waals surface area contributed by atoms with E-state index in [9.17, 15) is 4.79 Å². The van der Waals surface area contributed by atoms with Gasteiger partial charge in [-0.25, -0.2) is 4.79 Å². The van der Waals surface area contributed by atoms with Crippen LogP contribution in [0.15, 0.2) is 47.1 Å².